The van der Waals surface area contributed by atoms with Crippen LogP contribution in [0.4, 0.5) is 17.6 Å². The quantitative estimate of drug-likeness (QED) is 0.456. The van der Waals surface area contributed by atoms with Crippen LogP contribution >= 0.6 is 22.6 Å². The summed E-state index contributed by atoms with van der Waals surface area (Å²) in [4.78, 5) is 0. The summed E-state index contributed by atoms with van der Waals surface area (Å²) in [5.41, 5.74) is 0.415. The van der Waals surface area contributed by atoms with Crippen LogP contribution in [0.1, 0.15) is 11.7 Å². The zero-order valence-corrected chi connectivity index (χ0v) is 10.3. The lowest BCUT2D eigenvalue weighted by molar-refractivity contribution is -0.183. The van der Waals surface area contributed by atoms with Gasteiger partial charge in [0, 0.05) is 4.43 Å². The molecule has 0 aliphatic rings. The molecule has 6 heteroatoms. The molecule has 1 unspecified atom stereocenters. The van der Waals surface area contributed by atoms with Crippen molar-refractivity contribution in [3.05, 3.63) is 35.6 Å². The van der Waals surface area contributed by atoms with E-state index in [2.05, 4.69) is 0 Å². The molecule has 0 N–H and O–H groups in total. The molecule has 0 spiro atoms. The molecule has 0 amide bonds. The molecule has 0 aliphatic carbocycles. The predicted octanol–water partition coefficient (Wildman–Crippen LogP) is 3.88. The first kappa shape index (κ1) is 13.7. The molecule has 1 atom stereocenters. The lowest BCUT2D eigenvalue weighted by Crippen LogP contribution is -2.20. The van der Waals surface area contributed by atoms with Gasteiger partial charge in [-0.1, -0.05) is 34.7 Å². The zero-order chi connectivity index (χ0) is 12.2. The van der Waals surface area contributed by atoms with Gasteiger partial charge in [-0.3, -0.25) is 0 Å². The Morgan fingerprint density at radius 1 is 1.31 bits per heavy atom. The molecule has 90 valence electrons. The summed E-state index contributed by atoms with van der Waals surface area (Å²) in [5, 5.41) is 0. The van der Waals surface area contributed by atoms with Crippen LogP contribution in [0.2, 0.25) is 0 Å². The number of halogens is 5. The van der Waals surface area contributed by atoms with Crippen molar-refractivity contribution in [2.24, 2.45) is 0 Å². The van der Waals surface area contributed by atoms with E-state index in [4.69, 9.17) is 4.74 Å². The lowest BCUT2D eigenvalue weighted by atomic mass is 10.1. The molecule has 0 radical (unpaired) electrons. The van der Waals surface area contributed by atoms with E-state index in [-0.39, 0.29) is 0 Å². The van der Waals surface area contributed by atoms with Crippen molar-refractivity contribution >= 4 is 22.6 Å². The van der Waals surface area contributed by atoms with Gasteiger partial charge in [0.05, 0.1) is 6.10 Å². The highest BCUT2D eigenvalue weighted by Crippen LogP contribution is 2.24. The molecule has 0 heterocycles. The normalized spacial score (nSPS) is 13.8. The fraction of sp³-hybridized carbons (Fsp3) is 0.400. The van der Waals surface area contributed by atoms with Gasteiger partial charge in [0.1, 0.15) is 12.4 Å². The molecule has 0 fully saturated rings. The van der Waals surface area contributed by atoms with Crippen molar-refractivity contribution in [2.45, 2.75) is 12.3 Å². The maximum atomic E-state index is 12.9. The molecule has 1 nitrogen and oxygen atoms in total. The third-order valence-corrected chi connectivity index (χ3v) is 2.61. The molecule has 0 aliphatic heterocycles. The van der Waals surface area contributed by atoms with Gasteiger partial charge >= 0.3 is 6.18 Å². The summed E-state index contributed by atoms with van der Waals surface area (Å²) in [6.45, 7) is -1.32. The maximum absolute atomic E-state index is 12.9. The minimum Gasteiger partial charge on any atom is -0.363 e. The first-order chi connectivity index (χ1) is 7.42. The minimum atomic E-state index is -4.36. The average molecular weight is 348 g/mol. The van der Waals surface area contributed by atoms with Crippen molar-refractivity contribution in [1.82, 2.24) is 0 Å². The molecular weight excluding hydrogens is 339 g/mol. The molecule has 16 heavy (non-hydrogen) atoms. The maximum Gasteiger partial charge on any atom is 0.411 e. The molecular formula is C10H9F4IO. The Morgan fingerprint density at radius 2 is 2.00 bits per heavy atom. The third kappa shape index (κ3) is 4.65. The van der Waals surface area contributed by atoms with Crippen molar-refractivity contribution in [1.29, 1.82) is 0 Å². The first-order valence-electron chi connectivity index (χ1n) is 4.42. The average Bonchev–Trinajstić information content (AvgIpc) is 2.17. The van der Waals surface area contributed by atoms with E-state index in [1.54, 1.807) is 6.07 Å². The topological polar surface area (TPSA) is 9.23 Å². The summed E-state index contributed by atoms with van der Waals surface area (Å²) in [5.74, 6) is -0.483. The molecule has 0 bridgehead atoms. The number of hydrogen-bond donors (Lipinski definition) is 0. The van der Waals surface area contributed by atoms with Gasteiger partial charge in [0.2, 0.25) is 0 Å². The van der Waals surface area contributed by atoms with E-state index in [1.807, 2.05) is 22.6 Å². The van der Waals surface area contributed by atoms with E-state index in [0.29, 0.717) is 9.99 Å². The van der Waals surface area contributed by atoms with Crippen LogP contribution in [0.3, 0.4) is 0 Å². The van der Waals surface area contributed by atoms with Crippen LogP contribution in [0.15, 0.2) is 24.3 Å². The SMILES string of the molecule is Fc1cccc(C(CI)OCC(F)(F)F)c1. The van der Waals surface area contributed by atoms with Crippen molar-refractivity contribution < 1.29 is 22.3 Å². The molecule has 1 aromatic carbocycles. The Bertz CT molecular complexity index is 340. The second-order valence-electron chi connectivity index (χ2n) is 3.12. The van der Waals surface area contributed by atoms with Gasteiger partial charge in [-0.25, -0.2) is 4.39 Å². The van der Waals surface area contributed by atoms with Crippen LogP contribution in [0.25, 0.3) is 0 Å². The molecule has 1 rings (SSSR count). The van der Waals surface area contributed by atoms with Crippen molar-refractivity contribution in [2.75, 3.05) is 11.0 Å². The van der Waals surface area contributed by atoms with Gasteiger partial charge < -0.3 is 4.74 Å². The van der Waals surface area contributed by atoms with Gasteiger partial charge in [-0.15, -0.1) is 0 Å². The fourth-order valence-electron chi connectivity index (χ4n) is 1.13. The first-order valence-corrected chi connectivity index (χ1v) is 5.94. The summed E-state index contributed by atoms with van der Waals surface area (Å²) >= 11 is 1.90. The lowest BCUT2D eigenvalue weighted by Gasteiger charge is -2.17. The highest BCUT2D eigenvalue weighted by Gasteiger charge is 2.29. The Hall–Kier alpha value is -0.370. The summed E-state index contributed by atoms with van der Waals surface area (Å²) in [6.07, 6.45) is -5.10. The second kappa shape index (κ2) is 5.81. The van der Waals surface area contributed by atoms with E-state index >= 15 is 0 Å². The van der Waals surface area contributed by atoms with E-state index in [0.717, 1.165) is 0 Å². The van der Waals surface area contributed by atoms with Crippen molar-refractivity contribution in [3.63, 3.8) is 0 Å². The Kier molecular flexibility index (Phi) is 4.97. The minimum absolute atomic E-state index is 0.331. The van der Waals surface area contributed by atoms with Crippen LogP contribution in [-0.2, 0) is 4.74 Å². The number of alkyl halides is 4. The van der Waals surface area contributed by atoms with Gasteiger partial charge in [0.25, 0.3) is 0 Å². The summed E-state index contributed by atoms with van der Waals surface area (Å²) in [7, 11) is 0. The highest BCUT2D eigenvalue weighted by molar-refractivity contribution is 14.1. The number of rotatable bonds is 4. The van der Waals surface area contributed by atoms with E-state index in [1.165, 1.54) is 18.2 Å². The van der Waals surface area contributed by atoms with E-state index < -0.39 is 24.7 Å². The standard InChI is InChI=1S/C10H9F4IO/c11-8-3-1-2-7(4-8)9(5-15)16-6-10(12,13)14/h1-4,9H,5-6H2. The Labute approximate surface area is 104 Å². The van der Waals surface area contributed by atoms with Gasteiger partial charge in [0.15, 0.2) is 0 Å². The largest absolute Gasteiger partial charge is 0.411 e. The second-order valence-corrected chi connectivity index (χ2v) is 4.00. The molecule has 0 aromatic heterocycles. The van der Waals surface area contributed by atoms with Crippen LogP contribution < -0.4 is 0 Å². The summed E-state index contributed by atoms with van der Waals surface area (Å²) in [6, 6.07) is 5.40. The smallest absolute Gasteiger partial charge is 0.363 e. The number of hydrogen-bond acceptors (Lipinski definition) is 1. The highest BCUT2D eigenvalue weighted by atomic mass is 127. The Morgan fingerprint density at radius 3 is 2.50 bits per heavy atom. The summed E-state index contributed by atoms with van der Waals surface area (Å²) < 4.78 is 53.7. The van der Waals surface area contributed by atoms with Crippen LogP contribution in [0.5, 0.6) is 0 Å². The van der Waals surface area contributed by atoms with Gasteiger partial charge in [-0.05, 0) is 17.7 Å². The zero-order valence-electron chi connectivity index (χ0n) is 8.10. The predicted molar refractivity (Wildman–Crippen MR) is 60.0 cm³/mol. The Balaban J connectivity index is 2.68. The molecule has 0 saturated heterocycles. The van der Waals surface area contributed by atoms with E-state index in [9.17, 15) is 17.6 Å². The molecule has 1 aromatic rings. The monoisotopic (exact) mass is 348 g/mol. The van der Waals surface area contributed by atoms with Crippen molar-refractivity contribution in [3.8, 4) is 0 Å². The molecule has 0 saturated carbocycles. The number of benzene rings is 1. The number of ether oxygens (including phenoxy) is 1. The van der Waals surface area contributed by atoms with Crippen LogP contribution in [0, 0.1) is 5.82 Å². The van der Waals surface area contributed by atoms with Gasteiger partial charge in [-0.2, -0.15) is 13.2 Å². The fourth-order valence-corrected chi connectivity index (χ4v) is 1.89. The van der Waals surface area contributed by atoms with Crippen LogP contribution in [-0.4, -0.2) is 17.2 Å². The third-order valence-electron chi connectivity index (χ3n) is 1.81.